The Balaban J connectivity index is 2.32. The lowest BCUT2D eigenvalue weighted by atomic mass is 9.85. The van der Waals surface area contributed by atoms with Crippen molar-refractivity contribution in [2.75, 3.05) is 12.3 Å². The number of carbonyl (C=O) groups is 1. The summed E-state index contributed by atoms with van der Waals surface area (Å²) in [5, 5.41) is 6.28. The van der Waals surface area contributed by atoms with Crippen molar-refractivity contribution in [1.29, 1.82) is 0 Å². The van der Waals surface area contributed by atoms with E-state index in [2.05, 4.69) is 10.6 Å². The maximum absolute atomic E-state index is 12.6. The third-order valence-electron chi connectivity index (χ3n) is 4.36. The lowest BCUT2D eigenvalue weighted by Crippen LogP contribution is -2.57. The minimum absolute atomic E-state index is 0.0519. The molecule has 0 aromatic carbocycles. The first-order chi connectivity index (χ1) is 9.72. The number of nitrogens with one attached hydrogen (secondary N) is 2. The van der Waals surface area contributed by atoms with Crippen molar-refractivity contribution in [2.45, 2.75) is 65.0 Å². The van der Waals surface area contributed by atoms with E-state index in [1.165, 1.54) is 0 Å². The van der Waals surface area contributed by atoms with Gasteiger partial charge in [-0.05, 0) is 37.6 Å². The fraction of sp³-hybridized carbons (Fsp3) is 0.867. The number of carbonyl (C=O) groups excluding carboxylic acids is 1. The minimum Gasteiger partial charge on any atom is -0.348 e. The van der Waals surface area contributed by atoms with E-state index >= 15 is 0 Å². The van der Waals surface area contributed by atoms with Gasteiger partial charge in [0.2, 0.25) is 5.91 Å². The second-order valence-corrected chi connectivity index (χ2v) is 9.44. The molecule has 0 bridgehead atoms. The van der Waals surface area contributed by atoms with Gasteiger partial charge in [0.05, 0.1) is 21.9 Å². The lowest BCUT2D eigenvalue weighted by Gasteiger charge is -2.35. The van der Waals surface area contributed by atoms with Crippen LogP contribution >= 0.6 is 0 Å². The van der Waals surface area contributed by atoms with Crippen LogP contribution in [0.5, 0.6) is 0 Å². The van der Waals surface area contributed by atoms with Crippen molar-refractivity contribution in [3.05, 3.63) is 0 Å². The van der Waals surface area contributed by atoms with Gasteiger partial charge >= 0.3 is 0 Å². The van der Waals surface area contributed by atoms with E-state index in [1.54, 1.807) is 0 Å². The van der Waals surface area contributed by atoms with Crippen molar-refractivity contribution in [1.82, 2.24) is 10.6 Å². The predicted molar refractivity (Wildman–Crippen MR) is 86.9 cm³/mol. The van der Waals surface area contributed by atoms with E-state index in [-0.39, 0.29) is 23.4 Å². The normalized spacial score (nSPS) is 35.8. The largest absolute Gasteiger partial charge is 0.348 e. The number of fused-ring (bicyclic) bond motifs is 1. The van der Waals surface area contributed by atoms with Crippen molar-refractivity contribution in [3.8, 4) is 0 Å². The molecule has 1 aliphatic heterocycles. The van der Waals surface area contributed by atoms with Gasteiger partial charge in [-0.1, -0.05) is 27.2 Å². The van der Waals surface area contributed by atoms with Crippen molar-refractivity contribution in [2.24, 2.45) is 5.41 Å². The van der Waals surface area contributed by atoms with E-state index < -0.39 is 9.80 Å². The van der Waals surface area contributed by atoms with Crippen LogP contribution in [0.15, 0.2) is 0 Å². The number of rotatable bonds is 0. The molecule has 122 valence electrons. The maximum Gasteiger partial charge on any atom is 0.238 e. The first-order valence-electron chi connectivity index (χ1n) is 7.85. The molecule has 3 atom stereocenters. The molecule has 1 saturated carbocycles. The zero-order chi connectivity index (χ0) is 15.7. The van der Waals surface area contributed by atoms with Crippen LogP contribution in [-0.4, -0.2) is 43.9 Å². The summed E-state index contributed by atoms with van der Waals surface area (Å²) in [6.45, 7) is 6.70. The highest BCUT2D eigenvalue weighted by Crippen LogP contribution is 2.23. The molecule has 2 aliphatic rings. The molecule has 1 amide bonds. The van der Waals surface area contributed by atoms with Crippen LogP contribution in [0.1, 0.15) is 52.9 Å². The maximum atomic E-state index is 12.6. The van der Waals surface area contributed by atoms with Crippen LogP contribution in [0.3, 0.4) is 0 Å². The van der Waals surface area contributed by atoms with Gasteiger partial charge < -0.3 is 15.2 Å². The van der Waals surface area contributed by atoms with Gasteiger partial charge in [-0.3, -0.25) is 4.79 Å². The first kappa shape index (κ1) is 16.8. The fourth-order valence-corrected chi connectivity index (χ4v) is 5.09. The smallest absolute Gasteiger partial charge is 0.238 e. The van der Waals surface area contributed by atoms with Gasteiger partial charge in [-0.2, -0.15) is 0 Å². The van der Waals surface area contributed by atoms with E-state index in [0.29, 0.717) is 30.0 Å². The zero-order valence-electron chi connectivity index (χ0n) is 13.3. The lowest BCUT2D eigenvalue weighted by molar-refractivity contribution is -0.126. The summed E-state index contributed by atoms with van der Waals surface area (Å²) < 4.78 is 22.8. The summed E-state index contributed by atoms with van der Waals surface area (Å²) in [5.41, 5.74) is -0.182. The SMILES string of the molecule is CC(C)(C)[C@@H]1NCCCS(=O)(O)=C2CCCCC2NC1=O. The summed E-state index contributed by atoms with van der Waals surface area (Å²) >= 11 is 0. The molecule has 0 spiro atoms. The third kappa shape index (κ3) is 3.99. The minimum atomic E-state index is -2.95. The molecule has 3 N–H and O–H groups in total. The van der Waals surface area contributed by atoms with Crippen molar-refractivity contribution >= 4 is 20.6 Å². The van der Waals surface area contributed by atoms with Gasteiger partial charge in [0.15, 0.2) is 0 Å². The molecule has 2 unspecified atom stereocenters. The Morgan fingerprint density at radius 3 is 2.62 bits per heavy atom. The van der Waals surface area contributed by atoms with Gasteiger partial charge in [0.25, 0.3) is 0 Å². The first-order valence-corrected chi connectivity index (χ1v) is 9.54. The van der Waals surface area contributed by atoms with Crippen LogP contribution in [0.25, 0.3) is 0 Å². The summed E-state index contributed by atoms with van der Waals surface area (Å²) in [5.74, 6) is 0.238. The molecule has 0 saturated heterocycles. The van der Waals surface area contributed by atoms with Crippen LogP contribution in [0.2, 0.25) is 0 Å². The second kappa shape index (κ2) is 6.26. The third-order valence-corrected chi connectivity index (χ3v) is 6.51. The molecule has 0 radical (unpaired) electrons. The highest BCUT2D eigenvalue weighted by Gasteiger charge is 2.35. The van der Waals surface area contributed by atoms with Crippen LogP contribution in [0, 0.1) is 5.41 Å². The molecule has 21 heavy (non-hydrogen) atoms. The van der Waals surface area contributed by atoms with Crippen molar-refractivity contribution in [3.63, 3.8) is 0 Å². The summed E-state index contributed by atoms with van der Waals surface area (Å²) in [4.78, 5) is 13.2. The molecule has 0 aromatic rings. The number of hydrogen-bond donors (Lipinski definition) is 3. The predicted octanol–water partition coefficient (Wildman–Crippen LogP) is 1.38. The number of amides is 1. The Morgan fingerprint density at radius 2 is 1.95 bits per heavy atom. The molecule has 1 aliphatic carbocycles. The molecule has 5 nitrogen and oxygen atoms in total. The summed E-state index contributed by atoms with van der Waals surface area (Å²) in [6, 6.07) is -0.512. The Labute approximate surface area is 128 Å². The average Bonchev–Trinajstić information content (AvgIpc) is 2.36. The molecular weight excluding hydrogens is 288 g/mol. The Hall–Kier alpha value is -0.590. The van der Waals surface area contributed by atoms with E-state index in [9.17, 15) is 13.6 Å². The number of hydrogen-bond acceptors (Lipinski definition) is 3. The van der Waals surface area contributed by atoms with Crippen LogP contribution in [-0.2, 0) is 14.6 Å². The molecule has 1 fully saturated rings. The quantitative estimate of drug-likeness (QED) is 0.590. The highest BCUT2D eigenvalue weighted by molar-refractivity contribution is 7.97. The van der Waals surface area contributed by atoms with Crippen LogP contribution < -0.4 is 10.6 Å². The van der Waals surface area contributed by atoms with E-state index in [4.69, 9.17) is 0 Å². The van der Waals surface area contributed by atoms with Gasteiger partial charge in [0, 0.05) is 10.6 Å². The Morgan fingerprint density at radius 1 is 1.24 bits per heavy atom. The van der Waals surface area contributed by atoms with E-state index in [1.807, 2.05) is 20.8 Å². The summed E-state index contributed by atoms with van der Waals surface area (Å²) in [7, 11) is -2.95. The fourth-order valence-electron chi connectivity index (χ4n) is 3.21. The van der Waals surface area contributed by atoms with Gasteiger partial charge in [0.1, 0.15) is 0 Å². The van der Waals surface area contributed by atoms with Gasteiger partial charge in [-0.25, -0.2) is 4.21 Å². The van der Waals surface area contributed by atoms with Crippen LogP contribution in [0.4, 0.5) is 0 Å². The topological polar surface area (TPSA) is 78.4 Å². The van der Waals surface area contributed by atoms with Crippen molar-refractivity contribution < 1.29 is 13.6 Å². The molecule has 2 rings (SSSR count). The zero-order valence-corrected chi connectivity index (χ0v) is 14.1. The standard InChI is InChI=1S/C15H28N2O3S/c1-15(2,3)13-14(18)17-11-7-4-5-8-12(11)21(19,20)10-6-9-16-13/h11,13,16H,4-10H2,1-3H3,(H,17,18)(H,19,20)/t11?,13-/m1/s1. The Bertz CT molecular complexity index is 516. The highest BCUT2D eigenvalue weighted by atomic mass is 32.2. The molecule has 1 heterocycles. The van der Waals surface area contributed by atoms with E-state index in [0.717, 1.165) is 19.3 Å². The molecule has 0 aromatic heterocycles. The monoisotopic (exact) mass is 316 g/mol. The second-order valence-electron chi connectivity index (χ2n) is 7.22. The molecular formula is C15H28N2O3S. The molecule has 6 heteroatoms. The average molecular weight is 316 g/mol. The van der Waals surface area contributed by atoms with Gasteiger partial charge in [-0.15, -0.1) is 0 Å². The summed E-state index contributed by atoms with van der Waals surface area (Å²) in [6.07, 6.45) is 3.99. The Kier molecular flexibility index (Phi) is 5.00.